The van der Waals surface area contributed by atoms with Crippen molar-refractivity contribution in [3.8, 4) is 17.9 Å². The van der Waals surface area contributed by atoms with E-state index < -0.39 is 0 Å². The molecule has 0 saturated heterocycles. The molecule has 0 radical (unpaired) electrons. The first-order chi connectivity index (χ1) is 10.7. The van der Waals surface area contributed by atoms with Crippen LogP contribution in [0.1, 0.15) is 5.56 Å². The number of allylic oxidation sites excluding steroid dienone is 1. The molecule has 0 fully saturated rings. The van der Waals surface area contributed by atoms with E-state index in [-0.39, 0.29) is 5.57 Å². The molecule has 0 saturated carbocycles. The van der Waals surface area contributed by atoms with E-state index in [1.54, 1.807) is 24.3 Å². The summed E-state index contributed by atoms with van der Waals surface area (Å²) in [5.41, 5.74) is 1.72. The molecule has 22 heavy (non-hydrogen) atoms. The molecule has 0 atom stereocenters. The van der Waals surface area contributed by atoms with Crippen LogP contribution >= 0.6 is 11.6 Å². The number of hydrogen-bond acceptors (Lipinski definition) is 4. The Hall–Kier alpha value is -2.95. The van der Waals surface area contributed by atoms with Crippen molar-refractivity contribution in [1.82, 2.24) is 0 Å². The Balaban J connectivity index is 2.03. The van der Waals surface area contributed by atoms with E-state index in [4.69, 9.17) is 26.9 Å². The zero-order valence-corrected chi connectivity index (χ0v) is 12.3. The van der Waals surface area contributed by atoms with E-state index in [1.807, 2.05) is 36.4 Å². The van der Waals surface area contributed by atoms with Gasteiger partial charge in [-0.1, -0.05) is 35.9 Å². The fourth-order valence-corrected chi connectivity index (χ4v) is 1.91. The molecule has 2 aromatic rings. The second-order valence-electron chi connectivity index (χ2n) is 4.35. The molecule has 0 aliphatic rings. The van der Waals surface area contributed by atoms with Crippen LogP contribution in [0.5, 0.6) is 5.75 Å². The minimum absolute atomic E-state index is 0.0118. The highest BCUT2D eigenvalue weighted by atomic mass is 35.5. The highest BCUT2D eigenvalue weighted by Crippen LogP contribution is 2.24. The Bertz CT molecular complexity index is 756. The minimum Gasteiger partial charge on any atom is -0.487 e. The van der Waals surface area contributed by atoms with Crippen LogP contribution in [0.25, 0.3) is 0 Å². The summed E-state index contributed by atoms with van der Waals surface area (Å²) in [6.07, 6.45) is 1.37. The number of nitrogens with one attached hydrogen (secondary N) is 1. The Kier molecular flexibility index (Phi) is 5.43. The SMILES string of the molecule is N#CC(C#N)=CNc1cccc(COc2ccccc2Cl)c1. The number of nitriles is 2. The van der Waals surface area contributed by atoms with Gasteiger partial charge < -0.3 is 10.1 Å². The van der Waals surface area contributed by atoms with Crippen molar-refractivity contribution in [3.63, 3.8) is 0 Å². The number of benzene rings is 2. The fraction of sp³-hybridized carbons (Fsp3) is 0.0588. The van der Waals surface area contributed by atoms with Crippen molar-refractivity contribution >= 4 is 17.3 Å². The first-order valence-electron chi connectivity index (χ1n) is 6.46. The van der Waals surface area contributed by atoms with E-state index >= 15 is 0 Å². The van der Waals surface area contributed by atoms with Crippen molar-refractivity contribution in [2.75, 3.05) is 5.32 Å². The van der Waals surface area contributed by atoms with E-state index in [9.17, 15) is 0 Å². The molecule has 4 nitrogen and oxygen atoms in total. The highest BCUT2D eigenvalue weighted by molar-refractivity contribution is 6.32. The summed E-state index contributed by atoms with van der Waals surface area (Å²) in [4.78, 5) is 0. The summed E-state index contributed by atoms with van der Waals surface area (Å²) in [6, 6.07) is 18.3. The molecule has 108 valence electrons. The van der Waals surface area contributed by atoms with Crippen LogP contribution < -0.4 is 10.1 Å². The van der Waals surface area contributed by atoms with Gasteiger partial charge >= 0.3 is 0 Å². The van der Waals surface area contributed by atoms with Crippen molar-refractivity contribution in [3.05, 3.63) is 70.9 Å². The number of rotatable bonds is 5. The van der Waals surface area contributed by atoms with Crippen molar-refractivity contribution in [2.24, 2.45) is 0 Å². The predicted octanol–water partition coefficient (Wildman–Crippen LogP) is 4.26. The van der Waals surface area contributed by atoms with Crippen LogP contribution in [0.3, 0.4) is 0 Å². The Morgan fingerprint density at radius 3 is 2.64 bits per heavy atom. The fourth-order valence-electron chi connectivity index (χ4n) is 1.72. The lowest BCUT2D eigenvalue weighted by Crippen LogP contribution is -1.97. The van der Waals surface area contributed by atoms with E-state index in [1.165, 1.54) is 6.20 Å². The molecule has 2 aromatic carbocycles. The highest BCUT2D eigenvalue weighted by Gasteiger charge is 2.01. The van der Waals surface area contributed by atoms with Gasteiger partial charge in [0.2, 0.25) is 0 Å². The van der Waals surface area contributed by atoms with Gasteiger partial charge in [0.25, 0.3) is 0 Å². The largest absolute Gasteiger partial charge is 0.487 e. The summed E-state index contributed by atoms with van der Waals surface area (Å²) < 4.78 is 5.67. The lowest BCUT2D eigenvalue weighted by molar-refractivity contribution is 0.306. The maximum Gasteiger partial charge on any atom is 0.145 e. The van der Waals surface area contributed by atoms with E-state index in [0.717, 1.165) is 11.3 Å². The summed E-state index contributed by atoms with van der Waals surface area (Å²) in [5.74, 6) is 0.624. The third kappa shape index (κ3) is 4.28. The van der Waals surface area contributed by atoms with Gasteiger partial charge in [-0.2, -0.15) is 10.5 Å². The number of nitrogens with zero attached hydrogens (tertiary/aromatic N) is 2. The summed E-state index contributed by atoms with van der Waals surface area (Å²) in [6.45, 7) is 0.367. The van der Waals surface area contributed by atoms with Crippen molar-refractivity contribution < 1.29 is 4.74 Å². The number of ether oxygens (including phenoxy) is 1. The first-order valence-corrected chi connectivity index (χ1v) is 6.84. The summed E-state index contributed by atoms with van der Waals surface area (Å²) >= 11 is 6.03. The lowest BCUT2D eigenvalue weighted by atomic mass is 10.2. The van der Waals surface area contributed by atoms with Gasteiger partial charge in [0.05, 0.1) is 5.02 Å². The number of halogens is 1. The normalized spacial score (nSPS) is 9.23. The molecular weight excluding hydrogens is 298 g/mol. The number of anilines is 1. The molecule has 0 aliphatic carbocycles. The molecule has 2 rings (SSSR count). The van der Waals surface area contributed by atoms with Gasteiger partial charge in [0.1, 0.15) is 30.1 Å². The van der Waals surface area contributed by atoms with Crippen LogP contribution in [-0.4, -0.2) is 0 Å². The average molecular weight is 310 g/mol. The van der Waals surface area contributed by atoms with E-state index in [2.05, 4.69) is 5.32 Å². The minimum atomic E-state index is 0.0118. The molecule has 0 unspecified atom stereocenters. The molecule has 5 heteroatoms. The Morgan fingerprint density at radius 1 is 1.14 bits per heavy atom. The molecule has 0 amide bonds. The first kappa shape index (κ1) is 15.4. The van der Waals surface area contributed by atoms with Crippen molar-refractivity contribution in [2.45, 2.75) is 6.61 Å². The average Bonchev–Trinajstić information content (AvgIpc) is 2.55. The van der Waals surface area contributed by atoms with Gasteiger partial charge in [-0.15, -0.1) is 0 Å². The Labute approximate surface area is 133 Å². The molecule has 0 bridgehead atoms. The standard InChI is InChI=1S/C17H12ClN3O/c18-16-6-1-2-7-17(16)22-12-13-4-3-5-15(8-13)21-11-14(9-19)10-20/h1-8,11,21H,12H2. The molecule has 0 aromatic heterocycles. The Morgan fingerprint density at radius 2 is 1.91 bits per heavy atom. The number of hydrogen-bond donors (Lipinski definition) is 1. The van der Waals surface area contributed by atoms with Crippen LogP contribution in [-0.2, 0) is 6.61 Å². The summed E-state index contributed by atoms with van der Waals surface area (Å²) in [7, 11) is 0. The zero-order valence-electron chi connectivity index (χ0n) is 11.6. The van der Waals surface area contributed by atoms with Gasteiger partial charge in [-0.05, 0) is 29.8 Å². The molecule has 0 heterocycles. The summed E-state index contributed by atoms with van der Waals surface area (Å²) in [5, 5.41) is 20.8. The van der Waals surface area contributed by atoms with Crippen LogP contribution in [0.4, 0.5) is 5.69 Å². The van der Waals surface area contributed by atoms with Gasteiger partial charge in [-0.25, -0.2) is 0 Å². The second-order valence-corrected chi connectivity index (χ2v) is 4.75. The van der Waals surface area contributed by atoms with Gasteiger partial charge in [-0.3, -0.25) is 0 Å². The molecule has 1 N–H and O–H groups in total. The predicted molar refractivity (Wildman–Crippen MR) is 85.2 cm³/mol. The van der Waals surface area contributed by atoms with Crippen LogP contribution in [0.2, 0.25) is 5.02 Å². The van der Waals surface area contributed by atoms with Gasteiger partial charge in [0.15, 0.2) is 0 Å². The molecule has 0 spiro atoms. The quantitative estimate of drug-likeness (QED) is 0.838. The van der Waals surface area contributed by atoms with E-state index in [0.29, 0.717) is 17.4 Å². The van der Waals surface area contributed by atoms with Crippen LogP contribution in [0, 0.1) is 22.7 Å². The van der Waals surface area contributed by atoms with Gasteiger partial charge in [0, 0.05) is 11.9 Å². The molecule has 0 aliphatic heterocycles. The second kappa shape index (κ2) is 7.73. The topological polar surface area (TPSA) is 68.8 Å². The smallest absolute Gasteiger partial charge is 0.145 e. The molecular formula is C17H12ClN3O. The zero-order chi connectivity index (χ0) is 15.8. The maximum absolute atomic E-state index is 8.68. The third-order valence-corrected chi connectivity index (χ3v) is 3.09. The number of para-hydroxylation sites is 1. The monoisotopic (exact) mass is 309 g/mol. The maximum atomic E-state index is 8.68. The third-order valence-electron chi connectivity index (χ3n) is 2.78. The lowest BCUT2D eigenvalue weighted by Gasteiger charge is -2.09. The van der Waals surface area contributed by atoms with Crippen molar-refractivity contribution in [1.29, 1.82) is 10.5 Å². The van der Waals surface area contributed by atoms with Crippen LogP contribution in [0.15, 0.2) is 60.3 Å².